The van der Waals surface area contributed by atoms with E-state index in [1.54, 1.807) is 24.3 Å². The van der Waals surface area contributed by atoms with E-state index in [4.69, 9.17) is 17.3 Å². The van der Waals surface area contributed by atoms with Crippen molar-refractivity contribution in [2.24, 2.45) is 5.73 Å². The molecule has 3 N–H and O–H groups in total. The summed E-state index contributed by atoms with van der Waals surface area (Å²) in [6, 6.07) is 6.71. The van der Waals surface area contributed by atoms with Crippen LogP contribution in [0.15, 0.2) is 24.3 Å². The summed E-state index contributed by atoms with van der Waals surface area (Å²) in [7, 11) is 0. The third-order valence-electron chi connectivity index (χ3n) is 2.10. The normalized spacial score (nSPS) is 9.58. The molecule has 0 heterocycles. The van der Waals surface area contributed by atoms with Crippen molar-refractivity contribution in [2.45, 2.75) is 0 Å². The lowest BCUT2D eigenvalue weighted by molar-refractivity contribution is -0.118. The number of hydrogen-bond donors (Lipinski definition) is 2. The van der Waals surface area contributed by atoms with Gasteiger partial charge in [-0.15, -0.1) is 24.2 Å². The smallest absolute Gasteiger partial charge is 0.230 e. The minimum Gasteiger partial charge on any atom is -0.354 e. The number of nitrogens with two attached hydrogens (primary N) is 1. The number of Topliss-reactive ketones (excluding diaryl/α,β-unsaturated/α-hetero) is 1. The largest absolute Gasteiger partial charge is 0.354 e. The van der Waals surface area contributed by atoms with Gasteiger partial charge in [0.1, 0.15) is 0 Å². The minimum atomic E-state index is -0.102. The summed E-state index contributed by atoms with van der Waals surface area (Å²) >= 11 is 7.01. The van der Waals surface area contributed by atoms with Crippen LogP contribution in [0.2, 0.25) is 5.02 Å². The van der Waals surface area contributed by atoms with Gasteiger partial charge >= 0.3 is 0 Å². The van der Waals surface area contributed by atoms with Crippen molar-refractivity contribution >= 4 is 47.5 Å². The Morgan fingerprint density at radius 1 is 1.21 bits per heavy atom. The molecule has 0 radical (unpaired) electrons. The van der Waals surface area contributed by atoms with E-state index >= 15 is 0 Å². The number of nitrogens with one attached hydrogen (secondary N) is 1. The van der Waals surface area contributed by atoms with Crippen LogP contribution in [0.25, 0.3) is 0 Å². The Hall–Kier alpha value is -0.750. The average molecular weight is 323 g/mol. The third-order valence-corrected chi connectivity index (χ3v) is 3.28. The molecule has 1 rings (SSSR count). The Kier molecular flexibility index (Phi) is 9.69. The summed E-state index contributed by atoms with van der Waals surface area (Å²) in [5.74, 6) is 0.425. The molecule has 0 aromatic heterocycles. The molecular weight excluding hydrogens is 307 g/mol. The number of amides is 1. The molecule has 0 fully saturated rings. The monoisotopic (exact) mass is 322 g/mol. The second kappa shape index (κ2) is 10.1. The van der Waals surface area contributed by atoms with E-state index in [-0.39, 0.29) is 35.6 Å². The summed E-state index contributed by atoms with van der Waals surface area (Å²) in [6.07, 6.45) is 0. The molecule has 7 heteroatoms. The first-order valence-corrected chi connectivity index (χ1v) is 7.00. The van der Waals surface area contributed by atoms with Crippen molar-refractivity contribution in [3.05, 3.63) is 34.9 Å². The van der Waals surface area contributed by atoms with Gasteiger partial charge in [-0.1, -0.05) is 11.6 Å². The fourth-order valence-electron chi connectivity index (χ4n) is 1.22. The zero-order valence-electron chi connectivity index (χ0n) is 10.2. The topological polar surface area (TPSA) is 72.2 Å². The highest BCUT2D eigenvalue weighted by atomic mass is 35.5. The molecule has 1 aromatic carbocycles. The second-order valence-electron chi connectivity index (χ2n) is 3.56. The highest BCUT2D eigenvalue weighted by Gasteiger charge is 2.07. The van der Waals surface area contributed by atoms with Gasteiger partial charge in [0, 0.05) is 23.7 Å². The van der Waals surface area contributed by atoms with Crippen LogP contribution in [-0.4, -0.2) is 36.3 Å². The van der Waals surface area contributed by atoms with Crippen molar-refractivity contribution in [1.29, 1.82) is 0 Å². The van der Waals surface area contributed by atoms with E-state index in [1.807, 2.05) is 0 Å². The van der Waals surface area contributed by atoms with Crippen LogP contribution in [0, 0.1) is 0 Å². The first-order chi connectivity index (χ1) is 8.63. The predicted molar refractivity (Wildman–Crippen MR) is 82.4 cm³/mol. The van der Waals surface area contributed by atoms with Crippen LogP contribution in [-0.2, 0) is 4.79 Å². The van der Waals surface area contributed by atoms with E-state index in [0.717, 1.165) is 0 Å². The quantitative estimate of drug-likeness (QED) is 0.750. The van der Waals surface area contributed by atoms with Crippen LogP contribution in [0.1, 0.15) is 10.4 Å². The lowest BCUT2D eigenvalue weighted by Gasteiger charge is -2.03. The van der Waals surface area contributed by atoms with Gasteiger partial charge in [0.2, 0.25) is 5.91 Å². The molecule has 19 heavy (non-hydrogen) atoms. The third kappa shape index (κ3) is 7.42. The van der Waals surface area contributed by atoms with Gasteiger partial charge in [-0.25, -0.2) is 0 Å². The summed E-state index contributed by atoms with van der Waals surface area (Å²) in [6.45, 7) is 0.880. The first-order valence-electron chi connectivity index (χ1n) is 5.46. The van der Waals surface area contributed by atoms with Gasteiger partial charge in [0.15, 0.2) is 5.78 Å². The maximum Gasteiger partial charge on any atom is 0.230 e. The number of benzene rings is 1. The molecule has 1 aromatic rings. The van der Waals surface area contributed by atoms with Crippen molar-refractivity contribution in [3.63, 3.8) is 0 Å². The zero-order chi connectivity index (χ0) is 13.4. The summed E-state index contributed by atoms with van der Waals surface area (Å²) in [4.78, 5) is 23.0. The maximum absolute atomic E-state index is 11.7. The van der Waals surface area contributed by atoms with Crippen LogP contribution >= 0.6 is 35.8 Å². The number of thioether (sulfide) groups is 1. The molecule has 4 nitrogen and oxygen atoms in total. The molecule has 1 amide bonds. The average Bonchev–Trinajstić information content (AvgIpc) is 2.37. The van der Waals surface area contributed by atoms with Gasteiger partial charge in [0.25, 0.3) is 0 Å². The fourth-order valence-corrected chi connectivity index (χ4v) is 2.09. The minimum absolute atomic E-state index is 0. The van der Waals surface area contributed by atoms with E-state index in [2.05, 4.69) is 5.32 Å². The molecule has 0 aliphatic carbocycles. The fraction of sp³-hybridized carbons (Fsp3) is 0.333. The first kappa shape index (κ1) is 18.2. The number of halogens is 2. The number of carbonyl (C=O) groups excluding carboxylic acids is 2. The van der Waals surface area contributed by atoms with Gasteiger partial charge in [-0.2, -0.15) is 0 Å². The van der Waals surface area contributed by atoms with Crippen LogP contribution in [0.5, 0.6) is 0 Å². The van der Waals surface area contributed by atoms with Crippen molar-refractivity contribution in [1.82, 2.24) is 5.32 Å². The molecule has 0 aliphatic rings. The van der Waals surface area contributed by atoms with E-state index in [9.17, 15) is 9.59 Å². The number of hydrogen-bond acceptors (Lipinski definition) is 4. The van der Waals surface area contributed by atoms with Gasteiger partial charge < -0.3 is 11.1 Å². The van der Waals surface area contributed by atoms with Crippen LogP contribution in [0.3, 0.4) is 0 Å². The highest BCUT2D eigenvalue weighted by Crippen LogP contribution is 2.12. The summed E-state index contributed by atoms with van der Waals surface area (Å²) in [5, 5.41) is 3.24. The van der Waals surface area contributed by atoms with Gasteiger partial charge in [0.05, 0.1) is 11.5 Å². The van der Waals surface area contributed by atoms with Crippen LogP contribution < -0.4 is 11.1 Å². The molecule has 106 valence electrons. The Morgan fingerprint density at radius 3 is 2.42 bits per heavy atom. The Labute approximate surface area is 127 Å². The lowest BCUT2D eigenvalue weighted by atomic mass is 10.1. The molecular formula is C12H16Cl2N2O2S. The highest BCUT2D eigenvalue weighted by molar-refractivity contribution is 8.00. The molecule has 0 aliphatic heterocycles. The Bertz CT molecular complexity index is 413. The zero-order valence-corrected chi connectivity index (χ0v) is 12.6. The number of rotatable bonds is 7. The van der Waals surface area contributed by atoms with Gasteiger partial charge in [-0.3, -0.25) is 9.59 Å². The molecule has 0 saturated carbocycles. The summed E-state index contributed by atoms with van der Waals surface area (Å²) < 4.78 is 0. The number of ketones is 1. The van der Waals surface area contributed by atoms with Crippen molar-refractivity contribution in [2.75, 3.05) is 24.6 Å². The Balaban J connectivity index is 0.00000324. The predicted octanol–water partition coefficient (Wildman–Crippen LogP) is 1.75. The standard InChI is InChI=1S/C12H15ClN2O2S.ClH/c13-10-3-1-9(2-4-10)11(16)7-18-8-12(17)15-6-5-14;/h1-4H,5-8,14H2,(H,15,17);1H. The summed E-state index contributed by atoms with van der Waals surface area (Å²) in [5.41, 5.74) is 5.86. The molecule has 0 bridgehead atoms. The van der Waals surface area contributed by atoms with E-state index < -0.39 is 0 Å². The van der Waals surface area contributed by atoms with Crippen LogP contribution in [0.4, 0.5) is 0 Å². The lowest BCUT2D eigenvalue weighted by Crippen LogP contribution is -2.30. The van der Waals surface area contributed by atoms with E-state index in [1.165, 1.54) is 11.8 Å². The SMILES string of the molecule is Cl.NCCNC(=O)CSCC(=O)c1ccc(Cl)cc1. The number of carbonyl (C=O) groups is 2. The van der Waals surface area contributed by atoms with Crippen molar-refractivity contribution < 1.29 is 9.59 Å². The molecule has 0 unspecified atom stereocenters. The van der Waals surface area contributed by atoms with Gasteiger partial charge in [-0.05, 0) is 24.3 Å². The molecule has 0 spiro atoms. The maximum atomic E-state index is 11.7. The van der Waals surface area contributed by atoms with E-state index in [0.29, 0.717) is 23.7 Å². The molecule has 0 saturated heterocycles. The molecule has 0 atom stereocenters. The van der Waals surface area contributed by atoms with Crippen molar-refractivity contribution in [3.8, 4) is 0 Å². The Morgan fingerprint density at radius 2 is 1.84 bits per heavy atom. The second-order valence-corrected chi connectivity index (χ2v) is 4.98.